The van der Waals surface area contributed by atoms with E-state index in [0.29, 0.717) is 17.7 Å². The van der Waals surface area contributed by atoms with Gasteiger partial charge in [0.25, 0.3) is 0 Å². The Morgan fingerprint density at radius 2 is 1.86 bits per heavy atom. The monoisotopic (exact) mass is 301 g/mol. The smallest absolute Gasteiger partial charge is 0.225 e. The molecule has 1 aliphatic heterocycles. The lowest BCUT2D eigenvalue weighted by atomic mass is 9.93. The Hall–Kier alpha value is -1.32. The molecule has 1 amide bonds. The number of carbonyl (C=O) groups is 1. The van der Waals surface area contributed by atoms with Crippen LogP contribution in [-0.2, 0) is 17.8 Å². The Bertz CT molecular complexity index is 549. The topological polar surface area (TPSA) is 38.1 Å². The summed E-state index contributed by atoms with van der Waals surface area (Å²) in [5.41, 5.74) is 1.31. The molecule has 4 nitrogen and oxygen atoms in total. The highest BCUT2D eigenvalue weighted by Crippen LogP contribution is 2.34. The first-order valence-electron chi connectivity index (χ1n) is 9.00. The average Bonchev–Trinajstić information content (AvgIpc) is 3.43. The highest BCUT2D eigenvalue weighted by molar-refractivity contribution is 5.81. The van der Waals surface area contributed by atoms with Crippen molar-refractivity contribution in [1.82, 2.24) is 14.5 Å². The molecule has 0 unspecified atom stereocenters. The maximum Gasteiger partial charge on any atom is 0.225 e. The third kappa shape index (κ3) is 3.06. The Kier molecular flexibility index (Phi) is 3.71. The molecule has 4 rings (SSSR count). The first kappa shape index (κ1) is 14.3. The quantitative estimate of drug-likeness (QED) is 0.839. The lowest BCUT2D eigenvalue weighted by molar-refractivity contribution is -0.133. The van der Waals surface area contributed by atoms with Crippen molar-refractivity contribution in [2.75, 3.05) is 13.1 Å². The van der Waals surface area contributed by atoms with Crippen LogP contribution >= 0.6 is 0 Å². The summed E-state index contributed by atoms with van der Waals surface area (Å²) in [6, 6.07) is 0. The summed E-state index contributed by atoms with van der Waals surface area (Å²) >= 11 is 0. The Morgan fingerprint density at radius 1 is 1.14 bits per heavy atom. The molecule has 120 valence electrons. The summed E-state index contributed by atoms with van der Waals surface area (Å²) in [5, 5.41) is 0. The third-order valence-electron chi connectivity index (χ3n) is 5.60. The SMILES string of the molecule is Cc1cnc(CC2CCN(C(=O)C3CC3)CC2)n1CC1CC1. The van der Waals surface area contributed by atoms with Crippen molar-refractivity contribution >= 4 is 5.91 Å². The lowest BCUT2D eigenvalue weighted by Crippen LogP contribution is -2.39. The minimum atomic E-state index is 0.372. The first-order chi connectivity index (χ1) is 10.7. The van der Waals surface area contributed by atoms with Gasteiger partial charge in [-0.3, -0.25) is 4.79 Å². The number of nitrogens with zero attached hydrogens (tertiary/aromatic N) is 3. The zero-order chi connectivity index (χ0) is 15.1. The summed E-state index contributed by atoms with van der Waals surface area (Å²) in [6.45, 7) is 5.26. The fraction of sp³-hybridized carbons (Fsp3) is 0.778. The molecule has 2 heterocycles. The number of amides is 1. The van der Waals surface area contributed by atoms with E-state index in [1.165, 1.54) is 30.9 Å². The largest absolute Gasteiger partial charge is 0.342 e. The molecule has 0 spiro atoms. The van der Waals surface area contributed by atoms with Crippen LogP contribution < -0.4 is 0 Å². The van der Waals surface area contributed by atoms with Crippen LogP contribution in [0.25, 0.3) is 0 Å². The van der Waals surface area contributed by atoms with Crippen molar-refractivity contribution in [2.24, 2.45) is 17.8 Å². The maximum absolute atomic E-state index is 12.1. The van der Waals surface area contributed by atoms with Gasteiger partial charge in [-0.25, -0.2) is 4.98 Å². The molecule has 2 saturated carbocycles. The molecule has 0 atom stereocenters. The highest BCUT2D eigenvalue weighted by atomic mass is 16.2. The maximum atomic E-state index is 12.1. The van der Waals surface area contributed by atoms with Crippen molar-refractivity contribution in [3.8, 4) is 0 Å². The van der Waals surface area contributed by atoms with Crippen molar-refractivity contribution in [3.05, 3.63) is 17.7 Å². The molecule has 0 bridgehead atoms. The predicted octanol–water partition coefficient (Wildman–Crippen LogP) is 2.79. The fourth-order valence-electron chi connectivity index (χ4n) is 3.69. The minimum Gasteiger partial charge on any atom is -0.342 e. The Balaban J connectivity index is 1.33. The van der Waals surface area contributed by atoms with Crippen molar-refractivity contribution in [3.63, 3.8) is 0 Å². The van der Waals surface area contributed by atoms with Crippen LogP contribution in [0.5, 0.6) is 0 Å². The van der Waals surface area contributed by atoms with Crippen LogP contribution in [0.2, 0.25) is 0 Å². The van der Waals surface area contributed by atoms with E-state index in [-0.39, 0.29) is 0 Å². The Labute approximate surface area is 132 Å². The van der Waals surface area contributed by atoms with Crippen molar-refractivity contribution in [1.29, 1.82) is 0 Å². The number of aromatic nitrogens is 2. The number of hydrogen-bond donors (Lipinski definition) is 0. The fourth-order valence-corrected chi connectivity index (χ4v) is 3.69. The number of piperidine rings is 1. The molecular formula is C18H27N3O. The van der Waals surface area contributed by atoms with Crippen LogP contribution in [0.4, 0.5) is 0 Å². The van der Waals surface area contributed by atoms with Gasteiger partial charge < -0.3 is 9.47 Å². The molecule has 3 aliphatic rings. The van der Waals surface area contributed by atoms with E-state index in [1.54, 1.807) is 0 Å². The van der Waals surface area contributed by atoms with Gasteiger partial charge in [0.2, 0.25) is 5.91 Å². The van der Waals surface area contributed by atoms with E-state index in [1.807, 2.05) is 6.20 Å². The van der Waals surface area contributed by atoms with Gasteiger partial charge in [0, 0.05) is 43.9 Å². The van der Waals surface area contributed by atoms with Crippen LogP contribution in [0.15, 0.2) is 6.20 Å². The molecule has 22 heavy (non-hydrogen) atoms. The average molecular weight is 301 g/mol. The molecule has 1 saturated heterocycles. The van der Waals surface area contributed by atoms with E-state index in [0.717, 1.165) is 51.1 Å². The van der Waals surface area contributed by atoms with E-state index in [9.17, 15) is 4.79 Å². The van der Waals surface area contributed by atoms with Gasteiger partial charge >= 0.3 is 0 Å². The van der Waals surface area contributed by atoms with Gasteiger partial charge in [-0.15, -0.1) is 0 Å². The highest BCUT2D eigenvalue weighted by Gasteiger charge is 2.35. The number of hydrogen-bond acceptors (Lipinski definition) is 2. The normalized spacial score (nSPS) is 23.0. The second-order valence-electron chi connectivity index (χ2n) is 7.62. The second-order valence-corrected chi connectivity index (χ2v) is 7.62. The molecule has 4 heteroatoms. The predicted molar refractivity (Wildman–Crippen MR) is 85.4 cm³/mol. The summed E-state index contributed by atoms with van der Waals surface area (Å²) in [7, 11) is 0. The number of carbonyl (C=O) groups excluding carboxylic acids is 1. The van der Waals surface area contributed by atoms with Crippen molar-refractivity contribution in [2.45, 2.75) is 58.4 Å². The molecule has 3 fully saturated rings. The molecule has 1 aromatic heterocycles. The van der Waals surface area contributed by atoms with Gasteiger partial charge in [0.15, 0.2) is 0 Å². The van der Waals surface area contributed by atoms with Gasteiger partial charge in [0.05, 0.1) is 0 Å². The van der Waals surface area contributed by atoms with Crippen LogP contribution in [0, 0.1) is 24.7 Å². The zero-order valence-corrected chi connectivity index (χ0v) is 13.6. The minimum absolute atomic E-state index is 0.372. The molecule has 0 aromatic carbocycles. The standard InChI is InChI=1S/C18H27N3O/c1-13-11-19-17(21(13)12-15-2-3-15)10-14-6-8-20(9-7-14)18(22)16-4-5-16/h11,14-16H,2-10,12H2,1H3. The lowest BCUT2D eigenvalue weighted by Gasteiger charge is -2.32. The summed E-state index contributed by atoms with van der Waals surface area (Å²) in [5.74, 6) is 3.66. The van der Waals surface area contributed by atoms with E-state index in [2.05, 4.69) is 21.4 Å². The second kappa shape index (κ2) is 5.71. The van der Waals surface area contributed by atoms with E-state index in [4.69, 9.17) is 0 Å². The third-order valence-corrected chi connectivity index (χ3v) is 5.60. The molecule has 1 aromatic rings. The first-order valence-corrected chi connectivity index (χ1v) is 9.00. The van der Waals surface area contributed by atoms with E-state index < -0.39 is 0 Å². The van der Waals surface area contributed by atoms with Gasteiger partial charge in [-0.2, -0.15) is 0 Å². The summed E-state index contributed by atoms with van der Waals surface area (Å²) in [6.07, 6.45) is 10.4. The van der Waals surface area contributed by atoms with Gasteiger partial charge in [0.1, 0.15) is 5.82 Å². The molecule has 2 aliphatic carbocycles. The van der Waals surface area contributed by atoms with Crippen LogP contribution in [0.3, 0.4) is 0 Å². The summed E-state index contributed by atoms with van der Waals surface area (Å²) in [4.78, 5) is 18.9. The van der Waals surface area contributed by atoms with Gasteiger partial charge in [-0.05, 0) is 57.3 Å². The Morgan fingerprint density at radius 3 is 2.50 bits per heavy atom. The van der Waals surface area contributed by atoms with E-state index >= 15 is 0 Å². The van der Waals surface area contributed by atoms with Crippen LogP contribution in [0.1, 0.15) is 50.0 Å². The number of rotatable bonds is 5. The van der Waals surface area contributed by atoms with Crippen LogP contribution in [-0.4, -0.2) is 33.4 Å². The number of likely N-dealkylation sites (tertiary alicyclic amines) is 1. The molecular weight excluding hydrogens is 274 g/mol. The summed E-state index contributed by atoms with van der Waals surface area (Å²) < 4.78 is 2.44. The molecule has 0 N–H and O–H groups in total. The number of imidazole rings is 1. The zero-order valence-electron chi connectivity index (χ0n) is 13.6. The molecule has 0 radical (unpaired) electrons. The number of aryl methyl sites for hydroxylation is 1. The van der Waals surface area contributed by atoms with Crippen molar-refractivity contribution < 1.29 is 4.79 Å². The van der Waals surface area contributed by atoms with Gasteiger partial charge in [-0.1, -0.05) is 0 Å².